The van der Waals surface area contributed by atoms with E-state index in [9.17, 15) is 0 Å². The number of nitrogens with zero attached hydrogens (tertiary/aromatic N) is 1. The number of hydrogen-bond donors (Lipinski definition) is 4. The van der Waals surface area contributed by atoms with Crippen molar-refractivity contribution < 1.29 is 0 Å². The summed E-state index contributed by atoms with van der Waals surface area (Å²) in [6.07, 6.45) is 3.23. The minimum Gasteiger partial charge on any atom is -0.388 e. The molecule has 7 heteroatoms. The topological polar surface area (TPSA) is 88.5 Å². The molecule has 0 radical (unpaired) electrons. The van der Waals surface area contributed by atoms with Crippen LogP contribution in [0.5, 0.6) is 0 Å². The van der Waals surface area contributed by atoms with Gasteiger partial charge in [0.2, 0.25) is 0 Å². The van der Waals surface area contributed by atoms with E-state index in [0.29, 0.717) is 10.0 Å². The Balaban J connectivity index is 0.000000494. The second kappa shape index (κ2) is 11.1. The van der Waals surface area contributed by atoms with Gasteiger partial charge in [-0.2, -0.15) is 5.10 Å². The van der Waals surface area contributed by atoms with Crippen LogP contribution < -0.4 is 22.4 Å². The minimum absolute atomic E-state index is 0.624. The number of hydrazone groups is 1. The molecule has 1 aromatic rings. The standard InChI is InChI=1S/C10H13Cl2N.CH6N4/c1-13-6-2-3-8-4-5-9(11)10(12)7-8;2-1-4-5-3/h4-5,7,13H,2-3,6H2,1H3;1,5H,3H2,(H2,2,4). The highest BCUT2D eigenvalue weighted by atomic mass is 35.5. The van der Waals surface area contributed by atoms with Gasteiger partial charge in [0, 0.05) is 0 Å². The number of hydrogen-bond acceptors (Lipinski definition) is 4. The lowest BCUT2D eigenvalue weighted by atomic mass is 10.1. The summed E-state index contributed by atoms with van der Waals surface area (Å²) < 4.78 is 0. The van der Waals surface area contributed by atoms with E-state index < -0.39 is 0 Å². The maximum atomic E-state index is 5.88. The second-order valence-corrected chi connectivity index (χ2v) is 4.18. The van der Waals surface area contributed by atoms with Crippen molar-refractivity contribution in [3.63, 3.8) is 0 Å². The van der Waals surface area contributed by atoms with E-state index >= 15 is 0 Å². The first kappa shape index (κ1) is 17.0. The molecular weight excluding hydrogens is 273 g/mol. The lowest BCUT2D eigenvalue weighted by Crippen LogP contribution is -2.15. The van der Waals surface area contributed by atoms with Gasteiger partial charge < -0.3 is 11.1 Å². The molecule has 1 rings (SSSR count). The predicted octanol–water partition coefficient (Wildman–Crippen LogP) is 1.50. The van der Waals surface area contributed by atoms with Crippen molar-refractivity contribution >= 4 is 29.5 Å². The van der Waals surface area contributed by atoms with Crippen molar-refractivity contribution in [3.8, 4) is 0 Å². The maximum absolute atomic E-state index is 5.88. The van der Waals surface area contributed by atoms with E-state index in [1.807, 2.05) is 30.8 Å². The Morgan fingerprint density at radius 2 is 2.06 bits per heavy atom. The smallest absolute Gasteiger partial charge is 0.107 e. The van der Waals surface area contributed by atoms with Gasteiger partial charge in [-0.25, -0.2) is 11.4 Å². The molecule has 0 saturated heterocycles. The van der Waals surface area contributed by atoms with Crippen molar-refractivity contribution in [2.75, 3.05) is 13.6 Å². The van der Waals surface area contributed by atoms with E-state index in [4.69, 9.17) is 28.9 Å². The molecule has 0 unspecified atom stereocenters. The van der Waals surface area contributed by atoms with Crippen molar-refractivity contribution in [3.05, 3.63) is 33.8 Å². The molecule has 0 atom stereocenters. The lowest BCUT2D eigenvalue weighted by Gasteiger charge is -2.02. The summed E-state index contributed by atoms with van der Waals surface area (Å²) in [6.45, 7) is 1.03. The number of halogens is 2. The van der Waals surface area contributed by atoms with Crippen molar-refractivity contribution in [2.24, 2.45) is 16.7 Å². The molecule has 0 amide bonds. The zero-order valence-electron chi connectivity index (χ0n) is 10.3. The molecule has 0 bridgehead atoms. The third-order valence-electron chi connectivity index (χ3n) is 2.03. The average molecular weight is 292 g/mol. The molecule has 0 aliphatic rings. The maximum Gasteiger partial charge on any atom is 0.107 e. The van der Waals surface area contributed by atoms with E-state index in [-0.39, 0.29) is 0 Å². The van der Waals surface area contributed by atoms with Gasteiger partial charge in [-0.1, -0.05) is 29.3 Å². The van der Waals surface area contributed by atoms with E-state index in [1.54, 1.807) is 0 Å². The second-order valence-electron chi connectivity index (χ2n) is 3.36. The number of nitrogens with two attached hydrogens (primary N) is 2. The quantitative estimate of drug-likeness (QED) is 0.218. The summed E-state index contributed by atoms with van der Waals surface area (Å²) in [7, 11) is 1.95. The van der Waals surface area contributed by atoms with Crippen molar-refractivity contribution in [2.45, 2.75) is 12.8 Å². The number of rotatable bonds is 5. The van der Waals surface area contributed by atoms with Crippen molar-refractivity contribution in [1.82, 2.24) is 10.9 Å². The molecule has 5 nitrogen and oxygen atoms in total. The SMILES string of the molecule is CNCCCc1ccc(Cl)c(Cl)c1.N/C=N\NN. The van der Waals surface area contributed by atoms with Gasteiger partial charge in [0.25, 0.3) is 0 Å². The predicted molar refractivity (Wildman–Crippen MR) is 78.7 cm³/mol. The first-order valence-corrected chi connectivity index (χ1v) is 6.18. The summed E-state index contributed by atoms with van der Waals surface area (Å²) >= 11 is 11.7. The number of nitrogens with one attached hydrogen (secondary N) is 2. The molecule has 0 aromatic heterocycles. The highest BCUT2D eigenvalue weighted by Crippen LogP contribution is 2.22. The number of hydrazine groups is 1. The van der Waals surface area contributed by atoms with Crippen LogP contribution in [0.25, 0.3) is 0 Å². The molecule has 0 spiro atoms. The Morgan fingerprint density at radius 1 is 1.33 bits per heavy atom. The van der Waals surface area contributed by atoms with Crippen LogP contribution in [0.4, 0.5) is 0 Å². The molecular formula is C11H19Cl2N5. The van der Waals surface area contributed by atoms with Crippen LogP contribution in [0.3, 0.4) is 0 Å². The Hall–Kier alpha value is -1.01. The Labute approximate surface area is 117 Å². The van der Waals surface area contributed by atoms with E-state index in [0.717, 1.165) is 25.7 Å². The number of aryl methyl sites for hydroxylation is 1. The summed E-state index contributed by atoms with van der Waals surface area (Å²) in [5.41, 5.74) is 7.91. The Morgan fingerprint density at radius 3 is 2.50 bits per heavy atom. The zero-order valence-corrected chi connectivity index (χ0v) is 11.8. The molecule has 0 aliphatic carbocycles. The normalized spacial score (nSPS) is 10.0. The van der Waals surface area contributed by atoms with Gasteiger partial charge in [-0.05, 0) is 44.1 Å². The van der Waals surface area contributed by atoms with Gasteiger partial charge in [-0.15, -0.1) is 0 Å². The summed E-state index contributed by atoms with van der Waals surface area (Å²) in [5.74, 6) is 4.61. The van der Waals surface area contributed by atoms with Gasteiger partial charge >= 0.3 is 0 Å². The molecule has 0 heterocycles. The third kappa shape index (κ3) is 8.14. The van der Waals surface area contributed by atoms with E-state index in [1.165, 1.54) is 5.56 Å². The fourth-order valence-electron chi connectivity index (χ4n) is 1.21. The van der Waals surface area contributed by atoms with Crippen LogP contribution in [-0.4, -0.2) is 19.9 Å². The molecule has 1 aromatic carbocycles. The van der Waals surface area contributed by atoms with Gasteiger partial charge in [0.05, 0.1) is 10.0 Å². The highest BCUT2D eigenvalue weighted by Gasteiger charge is 1.98. The van der Waals surface area contributed by atoms with Crippen LogP contribution in [0.2, 0.25) is 10.0 Å². The van der Waals surface area contributed by atoms with Gasteiger partial charge in [0.15, 0.2) is 0 Å². The van der Waals surface area contributed by atoms with Gasteiger partial charge in [-0.3, -0.25) is 0 Å². The van der Waals surface area contributed by atoms with Crippen LogP contribution in [-0.2, 0) is 6.42 Å². The number of benzene rings is 1. The first-order valence-electron chi connectivity index (χ1n) is 5.43. The van der Waals surface area contributed by atoms with Crippen LogP contribution in [0.1, 0.15) is 12.0 Å². The molecule has 0 fully saturated rings. The first-order chi connectivity index (χ1) is 8.65. The summed E-state index contributed by atoms with van der Waals surface area (Å²) in [5, 5.41) is 7.52. The molecule has 6 N–H and O–H groups in total. The van der Waals surface area contributed by atoms with Crippen LogP contribution in [0.15, 0.2) is 23.3 Å². The summed E-state index contributed by atoms with van der Waals surface area (Å²) in [6, 6.07) is 5.79. The molecule has 0 aliphatic heterocycles. The fourth-order valence-corrected chi connectivity index (χ4v) is 1.53. The van der Waals surface area contributed by atoms with Crippen molar-refractivity contribution in [1.29, 1.82) is 0 Å². The average Bonchev–Trinajstić information content (AvgIpc) is 2.36. The molecule has 102 valence electrons. The Kier molecular flexibility index (Phi) is 10.5. The highest BCUT2D eigenvalue weighted by molar-refractivity contribution is 6.42. The Bertz CT molecular complexity index is 357. The molecule has 0 saturated carbocycles. The zero-order chi connectivity index (χ0) is 13.8. The fraction of sp³-hybridized carbons (Fsp3) is 0.364. The third-order valence-corrected chi connectivity index (χ3v) is 2.76. The minimum atomic E-state index is 0.624. The lowest BCUT2D eigenvalue weighted by molar-refractivity contribution is 0.725. The summed E-state index contributed by atoms with van der Waals surface area (Å²) in [4.78, 5) is 0. The van der Waals surface area contributed by atoms with Crippen LogP contribution >= 0.6 is 23.2 Å². The van der Waals surface area contributed by atoms with E-state index in [2.05, 4.69) is 16.3 Å². The molecule has 18 heavy (non-hydrogen) atoms. The largest absolute Gasteiger partial charge is 0.388 e. The monoisotopic (exact) mass is 291 g/mol. The van der Waals surface area contributed by atoms with Gasteiger partial charge in [0.1, 0.15) is 6.34 Å². The van der Waals surface area contributed by atoms with Crippen LogP contribution in [0, 0.1) is 0 Å².